The Kier molecular flexibility index (Phi) is 5.97. The first-order valence-corrected chi connectivity index (χ1v) is 8.01. The van der Waals surface area contributed by atoms with Gasteiger partial charge in [0.15, 0.2) is 5.16 Å². The molecule has 0 radical (unpaired) electrons. The number of thioether (sulfide) groups is 1. The fourth-order valence-corrected chi connectivity index (χ4v) is 1.99. The summed E-state index contributed by atoms with van der Waals surface area (Å²) >= 11 is 1.47. The monoisotopic (exact) mass is 315 g/mol. The minimum Gasteiger partial charge on any atom is -0.494 e. The predicted octanol–water partition coefficient (Wildman–Crippen LogP) is 3.25. The summed E-state index contributed by atoms with van der Waals surface area (Å²) in [5.41, 5.74) is 1.49. The van der Waals surface area contributed by atoms with Crippen LogP contribution in [0.25, 0.3) is 6.08 Å². The van der Waals surface area contributed by atoms with E-state index in [4.69, 9.17) is 4.74 Å². The number of benzene rings is 1. The Hall–Kier alpha value is -2.34. The number of nitrogens with one attached hydrogen (secondary N) is 1. The highest BCUT2D eigenvalue weighted by atomic mass is 32.2. The Balaban J connectivity index is 1.92. The molecule has 1 N–H and O–H groups in total. The third kappa shape index (κ3) is 4.89. The van der Waals surface area contributed by atoms with Crippen LogP contribution in [0.4, 0.5) is 5.69 Å². The average Bonchev–Trinajstić information content (AvgIpc) is 2.55. The quantitative estimate of drug-likeness (QED) is 0.503. The summed E-state index contributed by atoms with van der Waals surface area (Å²) in [6.07, 6.45) is 8.40. The molecule has 6 heteroatoms. The Bertz CT molecular complexity index is 639. The van der Waals surface area contributed by atoms with Crippen LogP contribution in [0.5, 0.6) is 5.75 Å². The maximum absolute atomic E-state index is 11.8. The summed E-state index contributed by atoms with van der Waals surface area (Å²) in [5, 5.41) is 3.48. The minimum atomic E-state index is -0.210. The maximum Gasteiger partial charge on any atom is 0.248 e. The SMILES string of the molecule is CCOc1ccc(NC(=O)C=Cc2cnc(SC)nc2)cc1. The first kappa shape index (κ1) is 16.0. The van der Waals surface area contributed by atoms with Gasteiger partial charge in [-0.1, -0.05) is 11.8 Å². The lowest BCUT2D eigenvalue weighted by molar-refractivity contribution is -0.111. The summed E-state index contributed by atoms with van der Waals surface area (Å²) in [6, 6.07) is 7.23. The molecule has 2 aromatic rings. The number of hydrogen-bond acceptors (Lipinski definition) is 5. The highest BCUT2D eigenvalue weighted by Crippen LogP contribution is 2.15. The van der Waals surface area contributed by atoms with E-state index in [1.807, 2.05) is 25.3 Å². The fraction of sp³-hybridized carbons (Fsp3) is 0.188. The average molecular weight is 315 g/mol. The lowest BCUT2D eigenvalue weighted by Crippen LogP contribution is -2.07. The van der Waals surface area contributed by atoms with E-state index in [0.29, 0.717) is 17.5 Å². The molecule has 2 rings (SSSR count). The Morgan fingerprint density at radius 1 is 1.27 bits per heavy atom. The van der Waals surface area contributed by atoms with Gasteiger partial charge in [-0.15, -0.1) is 0 Å². The van der Waals surface area contributed by atoms with Crippen molar-refractivity contribution in [2.45, 2.75) is 12.1 Å². The number of rotatable bonds is 6. The van der Waals surface area contributed by atoms with Crippen LogP contribution in [0, 0.1) is 0 Å². The van der Waals surface area contributed by atoms with Gasteiger partial charge in [0.1, 0.15) is 5.75 Å². The number of carbonyl (C=O) groups is 1. The molecule has 0 aliphatic heterocycles. The summed E-state index contributed by atoms with van der Waals surface area (Å²) in [6.45, 7) is 2.54. The van der Waals surface area contributed by atoms with Crippen LogP contribution >= 0.6 is 11.8 Å². The van der Waals surface area contributed by atoms with E-state index in [-0.39, 0.29) is 5.91 Å². The van der Waals surface area contributed by atoms with Crippen molar-refractivity contribution in [3.63, 3.8) is 0 Å². The molecule has 0 unspecified atom stereocenters. The van der Waals surface area contributed by atoms with Gasteiger partial charge in [-0.05, 0) is 43.5 Å². The molecule has 5 nitrogen and oxygen atoms in total. The molecule has 0 aliphatic carbocycles. The van der Waals surface area contributed by atoms with Crippen LogP contribution in [-0.2, 0) is 4.79 Å². The highest BCUT2D eigenvalue weighted by Gasteiger charge is 1.99. The number of carbonyl (C=O) groups excluding carboxylic acids is 1. The van der Waals surface area contributed by atoms with Crippen LogP contribution < -0.4 is 10.1 Å². The van der Waals surface area contributed by atoms with Gasteiger partial charge in [-0.25, -0.2) is 9.97 Å². The number of nitrogens with zero attached hydrogens (tertiary/aromatic N) is 2. The third-order valence-electron chi connectivity index (χ3n) is 2.69. The highest BCUT2D eigenvalue weighted by molar-refractivity contribution is 7.98. The Labute approximate surface area is 133 Å². The summed E-state index contributed by atoms with van der Waals surface area (Å²) in [7, 11) is 0. The van der Waals surface area contributed by atoms with E-state index in [1.54, 1.807) is 30.6 Å². The van der Waals surface area contributed by atoms with Crippen LogP contribution in [0.15, 0.2) is 47.9 Å². The van der Waals surface area contributed by atoms with Crippen molar-refractivity contribution in [2.75, 3.05) is 18.2 Å². The molecule has 0 spiro atoms. The number of ether oxygens (including phenoxy) is 1. The molecule has 1 aromatic carbocycles. The minimum absolute atomic E-state index is 0.210. The maximum atomic E-state index is 11.8. The molecule has 114 valence electrons. The van der Waals surface area contributed by atoms with Gasteiger partial charge in [-0.2, -0.15) is 0 Å². The van der Waals surface area contributed by atoms with E-state index in [0.717, 1.165) is 11.3 Å². The zero-order chi connectivity index (χ0) is 15.8. The van der Waals surface area contributed by atoms with Gasteiger partial charge in [0, 0.05) is 29.7 Å². The van der Waals surface area contributed by atoms with E-state index in [1.165, 1.54) is 17.8 Å². The molecule has 1 aromatic heterocycles. The summed E-state index contributed by atoms with van der Waals surface area (Å²) in [4.78, 5) is 20.1. The summed E-state index contributed by atoms with van der Waals surface area (Å²) < 4.78 is 5.35. The summed E-state index contributed by atoms with van der Waals surface area (Å²) in [5.74, 6) is 0.570. The second-order valence-corrected chi connectivity index (χ2v) is 5.06. The molecule has 0 aliphatic rings. The normalized spacial score (nSPS) is 10.6. The van der Waals surface area contributed by atoms with E-state index in [2.05, 4.69) is 15.3 Å². The van der Waals surface area contributed by atoms with Crippen molar-refractivity contribution < 1.29 is 9.53 Å². The van der Waals surface area contributed by atoms with Crippen LogP contribution in [0.1, 0.15) is 12.5 Å². The second kappa shape index (κ2) is 8.19. The molecule has 0 bridgehead atoms. The van der Waals surface area contributed by atoms with Crippen molar-refractivity contribution >= 4 is 29.4 Å². The first-order valence-electron chi connectivity index (χ1n) is 6.79. The molecule has 0 saturated heterocycles. The molecule has 1 amide bonds. The molecular weight excluding hydrogens is 298 g/mol. The predicted molar refractivity (Wildman–Crippen MR) is 89.1 cm³/mol. The Morgan fingerprint density at radius 2 is 1.95 bits per heavy atom. The Morgan fingerprint density at radius 3 is 2.55 bits per heavy atom. The van der Waals surface area contributed by atoms with E-state index < -0.39 is 0 Å². The largest absolute Gasteiger partial charge is 0.494 e. The lowest BCUT2D eigenvalue weighted by atomic mass is 10.3. The van der Waals surface area contributed by atoms with Crippen molar-refractivity contribution in [1.82, 2.24) is 9.97 Å². The van der Waals surface area contributed by atoms with E-state index >= 15 is 0 Å². The lowest BCUT2D eigenvalue weighted by Gasteiger charge is -2.05. The second-order valence-electron chi connectivity index (χ2n) is 4.28. The smallest absolute Gasteiger partial charge is 0.248 e. The zero-order valence-electron chi connectivity index (χ0n) is 12.4. The molecule has 0 atom stereocenters. The number of aromatic nitrogens is 2. The van der Waals surface area contributed by atoms with Gasteiger partial charge in [0.25, 0.3) is 0 Å². The standard InChI is InChI=1S/C16H17N3O2S/c1-3-21-14-7-5-13(6-8-14)19-15(20)9-4-12-10-17-16(22-2)18-11-12/h4-11H,3H2,1-2H3,(H,19,20). The van der Waals surface area contributed by atoms with Crippen LogP contribution in [0.3, 0.4) is 0 Å². The number of amides is 1. The van der Waals surface area contributed by atoms with Gasteiger partial charge in [-0.3, -0.25) is 4.79 Å². The van der Waals surface area contributed by atoms with Gasteiger partial charge >= 0.3 is 0 Å². The van der Waals surface area contributed by atoms with E-state index in [9.17, 15) is 4.79 Å². The molecule has 0 fully saturated rings. The molecule has 0 saturated carbocycles. The van der Waals surface area contributed by atoms with Gasteiger partial charge in [0.2, 0.25) is 5.91 Å². The van der Waals surface area contributed by atoms with Gasteiger partial charge < -0.3 is 10.1 Å². The van der Waals surface area contributed by atoms with Crippen molar-refractivity contribution in [3.05, 3.63) is 48.3 Å². The fourth-order valence-electron chi connectivity index (χ4n) is 1.67. The van der Waals surface area contributed by atoms with Gasteiger partial charge in [0.05, 0.1) is 6.61 Å². The van der Waals surface area contributed by atoms with Crippen molar-refractivity contribution in [2.24, 2.45) is 0 Å². The number of hydrogen-bond donors (Lipinski definition) is 1. The third-order valence-corrected chi connectivity index (χ3v) is 3.27. The van der Waals surface area contributed by atoms with Crippen LogP contribution in [0.2, 0.25) is 0 Å². The zero-order valence-corrected chi connectivity index (χ0v) is 13.3. The van der Waals surface area contributed by atoms with Crippen molar-refractivity contribution in [1.29, 1.82) is 0 Å². The van der Waals surface area contributed by atoms with Crippen LogP contribution in [-0.4, -0.2) is 28.7 Å². The molecule has 1 heterocycles. The van der Waals surface area contributed by atoms with Crippen molar-refractivity contribution in [3.8, 4) is 5.75 Å². The first-order chi connectivity index (χ1) is 10.7. The molecular formula is C16H17N3O2S. The molecule has 22 heavy (non-hydrogen) atoms. The topological polar surface area (TPSA) is 64.1 Å². The number of anilines is 1.